The van der Waals surface area contributed by atoms with Gasteiger partial charge in [-0.05, 0) is 18.2 Å². The van der Waals surface area contributed by atoms with Crippen LogP contribution in [-0.4, -0.2) is 78.2 Å². The lowest BCUT2D eigenvalue weighted by Gasteiger charge is -2.39. The van der Waals surface area contributed by atoms with Crippen LogP contribution >= 0.6 is 0 Å². The first kappa shape index (κ1) is 22.6. The molecule has 33 heavy (non-hydrogen) atoms. The second-order valence-electron chi connectivity index (χ2n) is 7.44. The Morgan fingerprint density at radius 2 is 1.64 bits per heavy atom. The molecule has 1 saturated heterocycles. The van der Waals surface area contributed by atoms with E-state index in [0.717, 1.165) is 24.3 Å². The monoisotopic (exact) mass is 464 g/mol. The summed E-state index contributed by atoms with van der Waals surface area (Å²) in [5.41, 5.74) is -1.19. The van der Waals surface area contributed by atoms with Crippen molar-refractivity contribution in [2.45, 2.75) is 30.7 Å². The lowest BCUT2D eigenvalue weighted by molar-refractivity contribution is -0.277. The molecule has 0 spiro atoms. The summed E-state index contributed by atoms with van der Waals surface area (Å²) < 4.78 is 16.2. The third kappa shape index (κ3) is 3.90. The van der Waals surface area contributed by atoms with Gasteiger partial charge in [-0.25, -0.2) is 0 Å². The van der Waals surface area contributed by atoms with E-state index in [-0.39, 0.29) is 28.0 Å². The summed E-state index contributed by atoms with van der Waals surface area (Å²) in [5, 5.41) is 78.9. The highest BCUT2D eigenvalue weighted by atomic mass is 16.7. The molecule has 2 heterocycles. The molecule has 2 aromatic carbocycles. The summed E-state index contributed by atoms with van der Waals surface area (Å²) in [4.78, 5) is 12.5. The Hall–Kier alpha value is -3.55. The fourth-order valence-corrected chi connectivity index (χ4v) is 3.51. The van der Waals surface area contributed by atoms with Gasteiger partial charge in [-0.15, -0.1) is 0 Å². The smallest absolute Gasteiger partial charge is 0.238 e. The minimum absolute atomic E-state index is 0.0201. The van der Waals surface area contributed by atoms with Crippen molar-refractivity contribution in [3.8, 4) is 40.1 Å². The van der Waals surface area contributed by atoms with Crippen molar-refractivity contribution in [1.29, 1.82) is 0 Å². The predicted molar refractivity (Wildman–Crippen MR) is 109 cm³/mol. The van der Waals surface area contributed by atoms with E-state index in [1.165, 1.54) is 6.07 Å². The van der Waals surface area contributed by atoms with Gasteiger partial charge in [-0.1, -0.05) is 0 Å². The van der Waals surface area contributed by atoms with Crippen molar-refractivity contribution < 1.29 is 54.7 Å². The van der Waals surface area contributed by atoms with Gasteiger partial charge < -0.3 is 54.7 Å². The largest absolute Gasteiger partial charge is 0.508 e. The third-order valence-electron chi connectivity index (χ3n) is 5.25. The molecule has 4 rings (SSSR count). The number of aromatic hydroxyl groups is 4. The summed E-state index contributed by atoms with van der Waals surface area (Å²) in [7, 11) is 0. The Balaban J connectivity index is 1.75. The molecule has 1 fully saturated rings. The van der Waals surface area contributed by atoms with Crippen LogP contribution in [0, 0.1) is 0 Å². The van der Waals surface area contributed by atoms with Crippen LogP contribution in [0.4, 0.5) is 0 Å². The molecule has 1 aromatic heterocycles. The lowest BCUT2D eigenvalue weighted by Crippen LogP contribution is -2.60. The topological polar surface area (TPSA) is 211 Å². The van der Waals surface area contributed by atoms with Crippen LogP contribution in [0.3, 0.4) is 0 Å². The number of hydrogen-bond donors (Lipinski definition) is 8. The molecular weight excluding hydrogens is 444 g/mol. The maximum Gasteiger partial charge on any atom is 0.238 e. The van der Waals surface area contributed by atoms with Gasteiger partial charge in [0.1, 0.15) is 46.9 Å². The van der Waals surface area contributed by atoms with Crippen LogP contribution in [0.25, 0.3) is 22.3 Å². The SMILES string of the molecule is O=c1c(O)c(-c2ccc(O)c(O[C@@H]3O[C@H](CO)[C@H](O)[C@H](O)[C@H]3O)c2)oc2cc(O)cc(O)c12. The number of hydrogen-bond acceptors (Lipinski definition) is 12. The van der Waals surface area contributed by atoms with Gasteiger partial charge in [-0.2, -0.15) is 0 Å². The van der Waals surface area contributed by atoms with Crippen molar-refractivity contribution in [2.75, 3.05) is 6.61 Å². The molecule has 0 aliphatic carbocycles. The first-order valence-electron chi connectivity index (χ1n) is 9.64. The van der Waals surface area contributed by atoms with E-state index < -0.39 is 65.7 Å². The lowest BCUT2D eigenvalue weighted by atomic mass is 9.99. The van der Waals surface area contributed by atoms with Crippen molar-refractivity contribution in [3.63, 3.8) is 0 Å². The van der Waals surface area contributed by atoms with Crippen molar-refractivity contribution in [3.05, 3.63) is 40.6 Å². The minimum Gasteiger partial charge on any atom is -0.508 e. The Morgan fingerprint density at radius 1 is 0.909 bits per heavy atom. The summed E-state index contributed by atoms with van der Waals surface area (Å²) in [5.74, 6) is -3.01. The molecule has 176 valence electrons. The Labute approximate surface area is 184 Å². The van der Waals surface area contributed by atoms with Gasteiger partial charge in [-0.3, -0.25) is 4.79 Å². The number of phenolic OH excluding ortho intramolecular Hbond substituents is 3. The van der Waals surface area contributed by atoms with Crippen LogP contribution in [0.15, 0.2) is 39.5 Å². The molecule has 0 radical (unpaired) electrons. The van der Waals surface area contributed by atoms with Gasteiger partial charge >= 0.3 is 0 Å². The van der Waals surface area contributed by atoms with Crippen LogP contribution in [0.5, 0.6) is 28.7 Å². The Kier molecular flexibility index (Phi) is 5.78. The highest BCUT2D eigenvalue weighted by molar-refractivity contribution is 5.88. The standard InChI is InChI=1S/C21H20O12/c22-6-13-15(26)17(28)19(30)21(33-13)32-11-3-7(1-2-9(11)24)20-18(29)16(27)14-10(25)4-8(23)5-12(14)31-20/h1-5,13,15,17,19,21-26,28-30H,6H2/t13-,15+,17+,19-,21-/m1/s1. The number of rotatable bonds is 4. The summed E-state index contributed by atoms with van der Waals surface area (Å²) in [6.07, 6.45) is -7.92. The van der Waals surface area contributed by atoms with E-state index in [2.05, 4.69) is 0 Å². The predicted octanol–water partition coefficient (Wildman–Crippen LogP) is -0.539. The molecule has 12 nitrogen and oxygen atoms in total. The van der Waals surface area contributed by atoms with E-state index in [1.54, 1.807) is 0 Å². The van der Waals surface area contributed by atoms with E-state index in [9.17, 15) is 45.6 Å². The normalized spacial score (nSPS) is 25.3. The molecule has 8 N–H and O–H groups in total. The highest BCUT2D eigenvalue weighted by Crippen LogP contribution is 2.39. The van der Waals surface area contributed by atoms with Gasteiger partial charge in [0.05, 0.1) is 6.61 Å². The van der Waals surface area contributed by atoms with E-state index in [1.807, 2.05) is 0 Å². The fourth-order valence-electron chi connectivity index (χ4n) is 3.51. The summed E-state index contributed by atoms with van der Waals surface area (Å²) in [6, 6.07) is 5.49. The summed E-state index contributed by atoms with van der Waals surface area (Å²) >= 11 is 0. The molecule has 1 aliphatic rings. The minimum atomic E-state index is -1.75. The van der Waals surface area contributed by atoms with Crippen molar-refractivity contribution in [2.24, 2.45) is 0 Å². The fraction of sp³-hybridized carbons (Fsp3) is 0.286. The molecule has 5 atom stereocenters. The third-order valence-corrected chi connectivity index (χ3v) is 5.25. The second kappa shape index (κ2) is 8.42. The van der Waals surface area contributed by atoms with Gasteiger partial charge in [0.2, 0.25) is 17.5 Å². The zero-order valence-corrected chi connectivity index (χ0v) is 16.7. The first-order chi connectivity index (χ1) is 15.6. The number of phenols is 3. The first-order valence-corrected chi connectivity index (χ1v) is 9.64. The molecule has 12 heteroatoms. The number of fused-ring (bicyclic) bond motifs is 1. The average Bonchev–Trinajstić information content (AvgIpc) is 2.77. The average molecular weight is 464 g/mol. The van der Waals surface area contributed by atoms with Crippen LogP contribution in [0.2, 0.25) is 0 Å². The quantitative estimate of drug-likeness (QED) is 0.245. The van der Waals surface area contributed by atoms with E-state index in [0.29, 0.717) is 0 Å². The van der Waals surface area contributed by atoms with Crippen LogP contribution in [0.1, 0.15) is 0 Å². The number of aliphatic hydroxyl groups is 4. The molecule has 0 bridgehead atoms. The Morgan fingerprint density at radius 3 is 2.33 bits per heavy atom. The summed E-state index contributed by atoms with van der Waals surface area (Å²) in [6.45, 7) is -0.688. The van der Waals surface area contributed by atoms with Crippen LogP contribution < -0.4 is 10.2 Å². The zero-order chi connectivity index (χ0) is 24.0. The molecule has 1 aliphatic heterocycles. The number of ether oxygens (including phenoxy) is 2. The van der Waals surface area contributed by atoms with Crippen molar-refractivity contribution in [1.82, 2.24) is 0 Å². The maximum atomic E-state index is 12.5. The van der Waals surface area contributed by atoms with Gasteiger partial charge in [0.25, 0.3) is 0 Å². The second-order valence-corrected chi connectivity index (χ2v) is 7.44. The highest BCUT2D eigenvalue weighted by Gasteiger charge is 2.45. The molecule has 0 saturated carbocycles. The van der Waals surface area contributed by atoms with E-state index in [4.69, 9.17) is 13.9 Å². The molecule has 0 amide bonds. The molecular formula is C21H20O12. The molecule has 0 unspecified atom stereocenters. The Bertz CT molecular complexity index is 1250. The maximum absolute atomic E-state index is 12.5. The number of benzene rings is 2. The molecule has 3 aromatic rings. The van der Waals surface area contributed by atoms with E-state index >= 15 is 0 Å². The van der Waals surface area contributed by atoms with Gasteiger partial charge in [0, 0.05) is 17.7 Å². The van der Waals surface area contributed by atoms with Crippen LogP contribution in [-0.2, 0) is 4.74 Å². The van der Waals surface area contributed by atoms with Gasteiger partial charge in [0.15, 0.2) is 17.3 Å². The number of aliphatic hydroxyl groups excluding tert-OH is 4. The van der Waals surface area contributed by atoms with Crippen molar-refractivity contribution >= 4 is 11.0 Å². The zero-order valence-electron chi connectivity index (χ0n) is 16.7.